The molecule has 0 fully saturated rings. The minimum Gasteiger partial charge on any atom is -0.497 e. The molecule has 2 atom stereocenters. The van der Waals surface area contributed by atoms with Crippen molar-refractivity contribution in [2.75, 3.05) is 20.7 Å². The van der Waals surface area contributed by atoms with Crippen LogP contribution < -0.4 is 14.8 Å². The third-order valence-corrected chi connectivity index (χ3v) is 4.48. The standard InChI is InChI=1S/C19H22FNO3/c1-12-8-14(20)5-7-17(12)24-18-16-9-15(23-3)6-4-13(16)10-19(18,22)11-21-2/h4-9,18,21-22H,10-11H2,1-3H3. The van der Waals surface area contributed by atoms with Crippen LogP contribution in [0.3, 0.4) is 0 Å². The van der Waals surface area contributed by atoms with Crippen LogP contribution in [0.25, 0.3) is 0 Å². The van der Waals surface area contributed by atoms with Gasteiger partial charge in [-0.05, 0) is 55.4 Å². The highest BCUT2D eigenvalue weighted by atomic mass is 19.1. The van der Waals surface area contributed by atoms with Crippen LogP contribution in [-0.4, -0.2) is 31.4 Å². The van der Waals surface area contributed by atoms with Gasteiger partial charge in [0.2, 0.25) is 0 Å². The van der Waals surface area contributed by atoms with E-state index in [0.717, 1.165) is 11.1 Å². The summed E-state index contributed by atoms with van der Waals surface area (Å²) in [6, 6.07) is 10.1. The second kappa shape index (κ2) is 6.42. The van der Waals surface area contributed by atoms with E-state index < -0.39 is 11.7 Å². The number of aliphatic hydroxyl groups is 1. The van der Waals surface area contributed by atoms with Crippen LogP contribution in [0.1, 0.15) is 22.8 Å². The first-order chi connectivity index (χ1) is 11.5. The molecule has 0 radical (unpaired) electrons. The predicted molar refractivity (Wildman–Crippen MR) is 90.1 cm³/mol. The Morgan fingerprint density at radius 1 is 1.29 bits per heavy atom. The first-order valence-corrected chi connectivity index (χ1v) is 7.93. The average molecular weight is 331 g/mol. The number of methoxy groups -OCH3 is 1. The maximum atomic E-state index is 13.3. The molecule has 1 aliphatic rings. The average Bonchev–Trinajstić information content (AvgIpc) is 2.81. The van der Waals surface area contributed by atoms with Gasteiger partial charge < -0.3 is 19.9 Å². The van der Waals surface area contributed by atoms with Crippen molar-refractivity contribution in [3.63, 3.8) is 0 Å². The highest BCUT2D eigenvalue weighted by Gasteiger charge is 2.46. The number of hydrogen-bond acceptors (Lipinski definition) is 4. The Hall–Kier alpha value is -2.11. The third-order valence-electron chi connectivity index (χ3n) is 4.48. The van der Waals surface area contributed by atoms with Crippen molar-refractivity contribution in [3.8, 4) is 11.5 Å². The van der Waals surface area contributed by atoms with Crippen molar-refractivity contribution in [2.24, 2.45) is 0 Å². The molecule has 0 aliphatic heterocycles. The van der Waals surface area contributed by atoms with Gasteiger partial charge in [0.1, 0.15) is 22.9 Å². The largest absolute Gasteiger partial charge is 0.497 e. The molecule has 0 aromatic heterocycles. The van der Waals surface area contributed by atoms with Crippen molar-refractivity contribution in [1.29, 1.82) is 0 Å². The van der Waals surface area contributed by atoms with Crippen molar-refractivity contribution in [1.82, 2.24) is 5.32 Å². The minimum atomic E-state index is -1.08. The third kappa shape index (κ3) is 2.97. The van der Waals surface area contributed by atoms with Gasteiger partial charge in [-0.2, -0.15) is 0 Å². The molecule has 3 rings (SSSR count). The molecule has 0 saturated heterocycles. The normalized spacial score (nSPS) is 22.3. The number of likely N-dealkylation sites (N-methyl/N-ethyl adjacent to an activating group) is 1. The first kappa shape index (κ1) is 16.7. The quantitative estimate of drug-likeness (QED) is 0.885. The number of aryl methyl sites for hydroxylation is 1. The summed E-state index contributed by atoms with van der Waals surface area (Å²) in [5.74, 6) is 0.970. The molecule has 5 heteroatoms. The molecule has 0 spiro atoms. The van der Waals surface area contributed by atoms with Crippen molar-refractivity contribution in [3.05, 3.63) is 58.9 Å². The molecular weight excluding hydrogens is 309 g/mol. The summed E-state index contributed by atoms with van der Waals surface area (Å²) in [6.07, 6.45) is -0.0721. The van der Waals surface area contributed by atoms with Crippen LogP contribution in [0.5, 0.6) is 11.5 Å². The lowest BCUT2D eigenvalue weighted by Gasteiger charge is -2.31. The zero-order chi connectivity index (χ0) is 17.3. The Bertz CT molecular complexity index is 749. The molecule has 4 nitrogen and oxygen atoms in total. The monoisotopic (exact) mass is 331 g/mol. The van der Waals surface area contributed by atoms with Crippen LogP contribution in [0.2, 0.25) is 0 Å². The lowest BCUT2D eigenvalue weighted by atomic mass is 9.97. The van der Waals surface area contributed by atoms with E-state index in [1.807, 2.05) is 18.2 Å². The van der Waals surface area contributed by atoms with E-state index in [2.05, 4.69) is 5.32 Å². The summed E-state index contributed by atoms with van der Waals surface area (Å²) in [5, 5.41) is 14.2. The van der Waals surface area contributed by atoms with Crippen LogP contribution in [0, 0.1) is 12.7 Å². The van der Waals surface area contributed by atoms with Gasteiger partial charge in [-0.25, -0.2) is 4.39 Å². The maximum Gasteiger partial charge on any atom is 0.154 e. The van der Waals surface area contributed by atoms with Gasteiger partial charge in [-0.1, -0.05) is 6.07 Å². The number of ether oxygens (including phenoxy) is 2. The Kier molecular flexibility index (Phi) is 4.47. The lowest BCUT2D eigenvalue weighted by Crippen LogP contribution is -2.45. The molecule has 1 aliphatic carbocycles. The van der Waals surface area contributed by atoms with Gasteiger partial charge in [0.05, 0.1) is 7.11 Å². The zero-order valence-corrected chi connectivity index (χ0v) is 14.1. The van der Waals surface area contributed by atoms with Crippen LogP contribution in [0.15, 0.2) is 36.4 Å². The van der Waals surface area contributed by atoms with Crippen molar-refractivity contribution >= 4 is 0 Å². The van der Waals surface area contributed by atoms with E-state index in [0.29, 0.717) is 30.0 Å². The molecule has 0 bridgehead atoms. The van der Waals surface area contributed by atoms with Crippen LogP contribution >= 0.6 is 0 Å². The van der Waals surface area contributed by atoms with E-state index in [4.69, 9.17) is 9.47 Å². The first-order valence-electron chi connectivity index (χ1n) is 7.93. The second-order valence-corrected chi connectivity index (χ2v) is 6.28. The van der Waals surface area contributed by atoms with Crippen LogP contribution in [-0.2, 0) is 6.42 Å². The Balaban J connectivity index is 2.01. The molecule has 2 N–H and O–H groups in total. The number of nitrogens with one attached hydrogen (secondary N) is 1. The van der Waals surface area contributed by atoms with Crippen LogP contribution in [0.4, 0.5) is 4.39 Å². The minimum absolute atomic E-state index is 0.307. The molecule has 2 aromatic rings. The summed E-state index contributed by atoms with van der Waals surface area (Å²) in [4.78, 5) is 0. The molecule has 0 heterocycles. The molecule has 24 heavy (non-hydrogen) atoms. The Labute approximate surface area is 141 Å². The van der Waals surface area contributed by atoms with E-state index >= 15 is 0 Å². The Morgan fingerprint density at radius 3 is 2.75 bits per heavy atom. The Morgan fingerprint density at radius 2 is 2.08 bits per heavy atom. The summed E-state index contributed by atoms with van der Waals surface area (Å²) in [6.45, 7) is 2.17. The summed E-state index contributed by atoms with van der Waals surface area (Å²) in [7, 11) is 3.40. The van der Waals surface area contributed by atoms with E-state index in [-0.39, 0.29) is 5.82 Å². The van der Waals surface area contributed by atoms with Gasteiger partial charge in [-0.15, -0.1) is 0 Å². The van der Waals surface area contributed by atoms with E-state index in [1.54, 1.807) is 27.1 Å². The molecule has 0 saturated carbocycles. The number of fused-ring (bicyclic) bond motifs is 1. The second-order valence-electron chi connectivity index (χ2n) is 6.28. The molecular formula is C19H22FNO3. The molecule has 0 amide bonds. The molecule has 128 valence electrons. The molecule has 2 unspecified atom stereocenters. The maximum absolute atomic E-state index is 13.3. The molecule has 2 aromatic carbocycles. The van der Waals surface area contributed by atoms with Gasteiger partial charge >= 0.3 is 0 Å². The summed E-state index contributed by atoms with van der Waals surface area (Å²) < 4.78 is 24.8. The number of halogens is 1. The van der Waals surface area contributed by atoms with Gasteiger partial charge in [-0.3, -0.25) is 0 Å². The fourth-order valence-corrected chi connectivity index (χ4v) is 3.32. The van der Waals surface area contributed by atoms with E-state index in [9.17, 15) is 9.50 Å². The van der Waals surface area contributed by atoms with Gasteiger partial charge in [0.15, 0.2) is 6.10 Å². The summed E-state index contributed by atoms with van der Waals surface area (Å²) >= 11 is 0. The number of rotatable bonds is 5. The number of benzene rings is 2. The fraction of sp³-hybridized carbons (Fsp3) is 0.368. The SMILES string of the molecule is CNCC1(O)Cc2ccc(OC)cc2C1Oc1ccc(F)cc1C. The van der Waals surface area contributed by atoms with Gasteiger partial charge in [0.25, 0.3) is 0 Å². The highest BCUT2D eigenvalue weighted by molar-refractivity contribution is 5.45. The highest BCUT2D eigenvalue weighted by Crippen LogP contribution is 2.43. The smallest absolute Gasteiger partial charge is 0.154 e. The lowest BCUT2D eigenvalue weighted by molar-refractivity contribution is -0.0487. The predicted octanol–water partition coefficient (Wildman–Crippen LogP) is 2.77. The van der Waals surface area contributed by atoms with E-state index in [1.165, 1.54) is 12.1 Å². The number of hydrogen-bond donors (Lipinski definition) is 2. The fourth-order valence-electron chi connectivity index (χ4n) is 3.32. The topological polar surface area (TPSA) is 50.7 Å². The summed E-state index contributed by atoms with van der Waals surface area (Å²) in [5.41, 5.74) is 1.54. The van der Waals surface area contributed by atoms with Crippen molar-refractivity contribution < 1.29 is 19.0 Å². The van der Waals surface area contributed by atoms with Crippen molar-refractivity contribution in [2.45, 2.75) is 25.0 Å². The zero-order valence-electron chi connectivity index (χ0n) is 14.1. The van der Waals surface area contributed by atoms with Gasteiger partial charge in [0, 0.05) is 18.5 Å².